The zero-order valence-corrected chi connectivity index (χ0v) is 9.54. The van der Waals surface area contributed by atoms with E-state index in [4.69, 9.17) is 5.26 Å². The van der Waals surface area contributed by atoms with Gasteiger partial charge >= 0.3 is 0 Å². The predicted molar refractivity (Wildman–Crippen MR) is 65.1 cm³/mol. The third kappa shape index (κ3) is 1.68. The maximum atomic E-state index is 8.83. The van der Waals surface area contributed by atoms with Crippen molar-refractivity contribution in [3.63, 3.8) is 0 Å². The molecule has 0 bridgehead atoms. The molecule has 16 heavy (non-hydrogen) atoms. The van der Waals surface area contributed by atoms with Crippen molar-refractivity contribution in [2.75, 3.05) is 7.05 Å². The Morgan fingerprint density at radius 2 is 2.19 bits per heavy atom. The Hall–Kier alpha value is -1.79. The molecule has 0 saturated heterocycles. The van der Waals surface area contributed by atoms with Gasteiger partial charge in [0, 0.05) is 22.6 Å². The molecule has 2 rings (SSSR count). The van der Waals surface area contributed by atoms with E-state index in [-0.39, 0.29) is 6.04 Å². The number of nitriles is 1. The molecule has 2 N–H and O–H groups in total. The van der Waals surface area contributed by atoms with Gasteiger partial charge in [-0.15, -0.1) is 0 Å². The zero-order valence-electron chi connectivity index (χ0n) is 9.54. The van der Waals surface area contributed by atoms with E-state index in [2.05, 4.69) is 35.4 Å². The van der Waals surface area contributed by atoms with Gasteiger partial charge in [0.05, 0.1) is 12.5 Å². The second-order valence-electron chi connectivity index (χ2n) is 3.91. The third-order valence-electron chi connectivity index (χ3n) is 2.94. The van der Waals surface area contributed by atoms with Gasteiger partial charge in [-0.05, 0) is 25.6 Å². The van der Waals surface area contributed by atoms with E-state index in [1.54, 1.807) is 0 Å². The van der Waals surface area contributed by atoms with Crippen molar-refractivity contribution < 1.29 is 0 Å². The van der Waals surface area contributed by atoms with Crippen molar-refractivity contribution in [3.8, 4) is 6.07 Å². The van der Waals surface area contributed by atoms with Crippen molar-refractivity contribution in [1.29, 1.82) is 5.26 Å². The third-order valence-corrected chi connectivity index (χ3v) is 2.94. The van der Waals surface area contributed by atoms with E-state index in [0.717, 1.165) is 11.2 Å². The van der Waals surface area contributed by atoms with Crippen LogP contribution in [0.1, 0.15) is 23.7 Å². The molecule has 0 spiro atoms. The fraction of sp³-hybridized carbons (Fsp3) is 0.308. The molecule has 0 amide bonds. The van der Waals surface area contributed by atoms with E-state index >= 15 is 0 Å². The Labute approximate surface area is 95.1 Å². The minimum Gasteiger partial charge on any atom is -0.358 e. The molecule has 82 valence electrons. The largest absolute Gasteiger partial charge is 0.358 e. The number of aromatic amines is 1. The van der Waals surface area contributed by atoms with Crippen molar-refractivity contribution in [2.24, 2.45) is 0 Å². The molecular formula is C13H15N3. The molecule has 1 unspecified atom stereocenters. The van der Waals surface area contributed by atoms with Crippen LogP contribution in [0.15, 0.2) is 24.3 Å². The summed E-state index contributed by atoms with van der Waals surface area (Å²) in [6, 6.07) is 10.5. The fourth-order valence-corrected chi connectivity index (χ4v) is 2.19. The fourth-order valence-electron chi connectivity index (χ4n) is 2.19. The summed E-state index contributed by atoms with van der Waals surface area (Å²) in [6.45, 7) is 2.05. The van der Waals surface area contributed by atoms with Gasteiger partial charge in [0.25, 0.3) is 0 Å². The van der Waals surface area contributed by atoms with Crippen LogP contribution in [-0.2, 0) is 0 Å². The number of rotatable bonds is 3. The van der Waals surface area contributed by atoms with Crippen LogP contribution in [0, 0.1) is 18.3 Å². The molecule has 1 aromatic carbocycles. The highest BCUT2D eigenvalue weighted by Gasteiger charge is 2.16. The number of hydrogen-bond acceptors (Lipinski definition) is 2. The molecule has 0 aliphatic heterocycles. The Bertz CT molecular complexity index is 534. The minimum atomic E-state index is 0.0983. The molecule has 2 aromatic rings. The minimum absolute atomic E-state index is 0.0983. The monoisotopic (exact) mass is 213 g/mol. The molecule has 0 aliphatic carbocycles. The first-order valence-electron chi connectivity index (χ1n) is 5.39. The number of hydrogen-bond donors (Lipinski definition) is 2. The molecule has 0 fully saturated rings. The van der Waals surface area contributed by atoms with Crippen LogP contribution in [0.4, 0.5) is 0 Å². The summed E-state index contributed by atoms with van der Waals surface area (Å²) in [6.07, 6.45) is 0.485. The summed E-state index contributed by atoms with van der Waals surface area (Å²) < 4.78 is 0. The maximum absolute atomic E-state index is 8.83. The second kappa shape index (κ2) is 4.38. The van der Waals surface area contributed by atoms with Gasteiger partial charge in [-0.2, -0.15) is 5.26 Å². The first-order chi connectivity index (χ1) is 7.77. The van der Waals surface area contributed by atoms with E-state index < -0.39 is 0 Å². The van der Waals surface area contributed by atoms with Crippen LogP contribution in [-0.4, -0.2) is 12.0 Å². The second-order valence-corrected chi connectivity index (χ2v) is 3.91. The summed E-state index contributed by atoms with van der Waals surface area (Å²) in [5.41, 5.74) is 3.48. The van der Waals surface area contributed by atoms with Crippen molar-refractivity contribution in [1.82, 2.24) is 10.3 Å². The van der Waals surface area contributed by atoms with Crippen LogP contribution in [0.5, 0.6) is 0 Å². The van der Waals surface area contributed by atoms with E-state index in [9.17, 15) is 0 Å². The molecular weight excluding hydrogens is 198 g/mol. The maximum Gasteiger partial charge on any atom is 0.0641 e. The number of nitrogens with zero attached hydrogens (tertiary/aromatic N) is 1. The highest BCUT2D eigenvalue weighted by molar-refractivity contribution is 5.85. The van der Waals surface area contributed by atoms with Crippen LogP contribution in [0.3, 0.4) is 0 Å². The lowest BCUT2D eigenvalue weighted by Gasteiger charge is -2.13. The van der Waals surface area contributed by atoms with Gasteiger partial charge in [-0.1, -0.05) is 18.2 Å². The summed E-state index contributed by atoms with van der Waals surface area (Å²) in [5.74, 6) is 0. The first-order valence-corrected chi connectivity index (χ1v) is 5.39. The van der Waals surface area contributed by atoms with Gasteiger partial charge < -0.3 is 10.3 Å². The van der Waals surface area contributed by atoms with Gasteiger partial charge in [0.2, 0.25) is 0 Å². The van der Waals surface area contributed by atoms with E-state index in [1.807, 2.05) is 19.2 Å². The lowest BCUT2D eigenvalue weighted by Crippen LogP contribution is -2.16. The number of benzene rings is 1. The predicted octanol–water partition coefficient (Wildman–Crippen LogP) is 2.65. The van der Waals surface area contributed by atoms with Crippen molar-refractivity contribution in [2.45, 2.75) is 19.4 Å². The van der Waals surface area contributed by atoms with E-state index in [0.29, 0.717) is 6.42 Å². The summed E-state index contributed by atoms with van der Waals surface area (Å²) >= 11 is 0. The topological polar surface area (TPSA) is 51.6 Å². The molecule has 3 heteroatoms. The number of fused-ring (bicyclic) bond motifs is 1. The average molecular weight is 213 g/mol. The Kier molecular flexibility index (Phi) is 2.93. The number of para-hydroxylation sites is 1. The van der Waals surface area contributed by atoms with Crippen molar-refractivity contribution >= 4 is 10.9 Å². The Balaban J connectivity index is 2.58. The van der Waals surface area contributed by atoms with Crippen molar-refractivity contribution in [3.05, 3.63) is 35.5 Å². The number of aromatic nitrogens is 1. The molecule has 1 atom stereocenters. The number of nitrogens with one attached hydrogen (secondary N) is 2. The molecule has 0 aliphatic rings. The highest BCUT2D eigenvalue weighted by Crippen LogP contribution is 2.28. The van der Waals surface area contributed by atoms with Gasteiger partial charge in [0.1, 0.15) is 0 Å². The van der Waals surface area contributed by atoms with Crippen LogP contribution < -0.4 is 5.32 Å². The lowest BCUT2D eigenvalue weighted by atomic mass is 10.0. The van der Waals surface area contributed by atoms with Crippen LogP contribution >= 0.6 is 0 Å². The summed E-state index contributed by atoms with van der Waals surface area (Å²) in [5, 5.41) is 13.2. The Morgan fingerprint density at radius 1 is 1.44 bits per heavy atom. The normalized spacial score (nSPS) is 12.6. The van der Waals surface area contributed by atoms with Gasteiger partial charge in [0.15, 0.2) is 0 Å². The van der Waals surface area contributed by atoms with Crippen LogP contribution in [0.25, 0.3) is 10.9 Å². The molecule has 3 nitrogen and oxygen atoms in total. The smallest absolute Gasteiger partial charge is 0.0641 e. The quantitative estimate of drug-likeness (QED) is 0.823. The lowest BCUT2D eigenvalue weighted by molar-refractivity contribution is 0.609. The standard InChI is InChI=1S/C13H15N3/c1-9-13(12(15-2)7-8-14)10-5-3-4-6-11(10)16-9/h3-6,12,15-16H,7H2,1-2H3. The first kappa shape index (κ1) is 10.7. The number of H-pyrrole nitrogens is 1. The highest BCUT2D eigenvalue weighted by atomic mass is 14.9. The molecule has 1 aromatic heterocycles. The summed E-state index contributed by atoms with van der Waals surface area (Å²) in [4.78, 5) is 3.35. The van der Waals surface area contributed by atoms with Gasteiger partial charge in [-0.3, -0.25) is 0 Å². The SMILES string of the molecule is CNC(CC#N)c1c(C)[nH]c2ccccc12. The average Bonchev–Trinajstić information content (AvgIpc) is 2.62. The van der Waals surface area contributed by atoms with Crippen LogP contribution in [0.2, 0.25) is 0 Å². The number of aryl methyl sites for hydroxylation is 1. The summed E-state index contributed by atoms with van der Waals surface area (Å²) in [7, 11) is 1.89. The molecule has 1 heterocycles. The van der Waals surface area contributed by atoms with Gasteiger partial charge in [-0.25, -0.2) is 0 Å². The zero-order chi connectivity index (χ0) is 11.5. The Morgan fingerprint density at radius 3 is 2.88 bits per heavy atom. The molecule has 0 saturated carbocycles. The molecule has 0 radical (unpaired) electrons. The van der Waals surface area contributed by atoms with E-state index in [1.165, 1.54) is 10.9 Å².